The van der Waals surface area contributed by atoms with E-state index in [4.69, 9.17) is 9.84 Å². The number of carboxylic acid groups (broad SMARTS) is 1. The number of hydrogen-bond acceptors (Lipinski definition) is 5. The second-order valence-corrected chi connectivity index (χ2v) is 4.44. The van der Waals surface area contributed by atoms with Crippen LogP contribution in [0.5, 0.6) is 5.75 Å². The number of nitro benzene ring substituents is 1. The van der Waals surface area contributed by atoms with Crippen LogP contribution in [0.25, 0.3) is 6.08 Å². The van der Waals surface area contributed by atoms with E-state index in [1.54, 1.807) is 0 Å². The molecule has 0 aliphatic heterocycles. The zero-order valence-electron chi connectivity index (χ0n) is 11.7. The molecule has 2 aromatic carbocycles. The van der Waals surface area contributed by atoms with Crippen LogP contribution in [0.2, 0.25) is 0 Å². The first-order chi connectivity index (χ1) is 11.0. The van der Waals surface area contributed by atoms with Crippen molar-refractivity contribution in [2.45, 2.75) is 0 Å². The number of carbonyl (C=O) groups is 2. The summed E-state index contributed by atoms with van der Waals surface area (Å²) in [6, 6.07) is 11.2. The van der Waals surface area contributed by atoms with Crippen LogP contribution in [0.15, 0.2) is 54.6 Å². The van der Waals surface area contributed by atoms with E-state index < -0.39 is 16.9 Å². The molecule has 0 heterocycles. The summed E-state index contributed by atoms with van der Waals surface area (Å²) in [7, 11) is 0. The molecular formula is C16H11NO6. The second-order valence-electron chi connectivity index (χ2n) is 4.44. The number of nitro groups is 1. The molecule has 0 saturated heterocycles. The summed E-state index contributed by atoms with van der Waals surface area (Å²) >= 11 is 0. The number of ether oxygens (including phenoxy) is 1. The lowest BCUT2D eigenvalue weighted by atomic mass is 10.2. The number of benzene rings is 2. The van der Waals surface area contributed by atoms with Crippen LogP contribution in [0.3, 0.4) is 0 Å². The van der Waals surface area contributed by atoms with Gasteiger partial charge < -0.3 is 9.84 Å². The molecule has 2 rings (SSSR count). The summed E-state index contributed by atoms with van der Waals surface area (Å²) < 4.78 is 4.99. The molecule has 7 heteroatoms. The first-order valence-corrected chi connectivity index (χ1v) is 6.43. The Morgan fingerprint density at radius 3 is 2.43 bits per heavy atom. The maximum absolute atomic E-state index is 11.7. The SMILES string of the molecule is O=C(/C=C/c1ccc([N+](=O)[O-])cc1)Oc1cccc(C(=O)O)c1. The molecule has 0 radical (unpaired) electrons. The highest BCUT2D eigenvalue weighted by atomic mass is 16.6. The van der Waals surface area contributed by atoms with Crippen LogP contribution < -0.4 is 4.74 Å². The maximum Gasteiger partial charge on any atom is 0.336 e. The molecule has 0 unspecified atom stereocenters. The summed E-state index contributed by atoms with van der Waals surface area (Å²) in [5, 5.41) is 19.4. The lowest BCUT2D eigenvalue weighted by Gasteiger charge is -2.02. The topological polar surface area (TPSA) is 107 Å². The average molecular weight is 313 g/mol. The van der Waals surface area contributed by atoms with Gasteiger partial charge in [-0.3, -0.25) is 10.1 Å². The van der Waals surface area contributed by atoms with Crippen molar-refractivity contribution in [3.05, 3.63) is 75.8 Å². The molecule has 2 aromatic rings. The number of non-ortho nitro benzene ring substituents is 1. The normalized spacial score (nSPS) is 10.4. The van der Waals surface area contributed by atoms with Crippen molar-refractivity contribution in [1.29, 1.82) is 0 Å². The van der Waals surface area contributed by atoms with Crippen LogP contribution in [-0.2, 0) is 4.79 Å². The van der Waals surface area contributed by atoms with Crippen molar-refractivity contribution in [2.75, 3.05) is 0 Å². The fourth-order valence-corrected chi connectivity index (χ4v) is 1.71. The van der Waals surface area contributed by atoms with Crippen LogP contribution >= 0.6 is 0 Å². The Kier molecular flexibility index (Phi) is 4.83. The van der Waals surface area contributed by atoms with Gasteiger partial charge in [0.2, 0.25) is 0 Å². The van der Waals surface area contributed by atoms with Gasteiger partial charge in [0, 0.05) is 18.2 Å². The third-order valence-corrected chi connectivity index (χ3v) is 2.82. The zero-order chi connectivity index (χ0) is 16.8. The largest absolute Gasteiger partial charge is 0.478 e. The van der Waals surface area contributed by atoms with Crippen LogP contribution in [0.1, 0.15) is 15.9 Å². The number of nitrogens with zero attached hydrogens (tertiary/aromatic N) is 1. The predicted octanol–water partition coefficient (Wildman–Crippen LogP) is 2.91. The highest BCUT2D eigenvalue weighted by Crippen LogP contribution is 2.15. The zero-order valence-corrected chi connectivity index (χ0v) is 11.7. The van der Waals surface area contributed by atoms with Crippen LogP contribution in [0.4, 0.5) is 5.69 Å². The quantitative estimate of drug-likeness (QED) is 0.299. The molecule has 116 valence electrons. The van der Waals surface area contributed by atoms with E-state index in [-0.39, 0.29) is 17.0 Å². The molecule has 0 amide bonds. The smallest absolute Gasteiger partial charge is 0.336 e. The van der Waals surface area contributed by atoms with Gasteiger partial charge in [0.25, 0.3) is 5.69 Å². The monoisotopic (exact) mass is 313 g/mol. The Morgan fingerprint density at radius 2 is 1.83 bits per heavy atom. The van der Waals surface area contributed by atoms with Crippen molar-refractivity contribution in [3.63, 3.8) is 0 Å². The molecule has 7 nitrogen and oxygen atoms in total. The van der Waals surface area contributed by atoms with E-state index in [2.05, 4.69) is 0 Å². The van der Waals surface area contributed by atoms with E-state index in [1.165, 1.54) is 54.6 Å². The minimum Gasteiger partial charge on any atom is -0.478 e. The number of aromatic carboxylic acids is 1. The number of carboxylic acids is 1. The Bertz CT molecular complexity index is 779. The molecule has 0 aromatic heterocycles. The molecule has 0 atom stereocenters. The van der Waals surface area contributed by atoms with Crippen molar-refractivity contribution in [1.82, 2.24) is 0 Å². The van der Waals surface area contributed by atoms with E-state index in [9.17, 15) is 19.7 Å². The van der Waals surface area contributed by atoms with Gasteiger partial charge in [-0.2, -0.15) is 0 Å². The third kappa shape index (κ3) is 4.50. The van der Waals surface area contributed by atoms with Gasteiger partial charge in [-0.25, -0.2) is 9.59 Å². The molecule has 0 aliphatic rings. The lowest BCUT2D eigenvalue weighted by Crippen LogP contribution is -2.05. The lowest BCUT2D eigenvalue weighted by molar-refractivity contribution is -0.384. The second kappa shape index (κ2) is 6.99. The summed E-state index contributed by atoms with van der Waals surface area (Å²) in [6.07, 6.45) is 2.59. The fourth-order valence-electron chi connectivity index (χ4n) is 1.71. The molecule has 0 saturated carbocycles. The predicted molar refractivity (Wildman–Crippen MR) is 81.2 cm³/mol. The first kappa shape index (κ1) is 15.9. The number of rotatable bonds is 5. The van der Waals surface area contributed by atoms with Gasteiger partial charge in [0.15, 0.2) is 0 Å². The van der Waals surface area contributed by atoms with E-state index in [1.807, 2.05) is 0 Å². The fraction of sp³-hybridized carbons (Fsp3) is 0. The molecule has 0 aliphatic carbocycles. The average Bonchev–Trinajstić information content (AvgIpc) is 2.53. The summed E-state index contributed by atoms with van der Waals surface area (Å²) in [6.45, 7) is 0. The van der Waals surface area contributed by atoms with E-state index >= 15 is 0 Å². The van der Waals surface area contributed by atoms with Gasteiger partial charge in [0.1, 0.15) is 5.75 Å². The molecular weight excluding hydrogens is 302 g/mol. The van der Waals surface area contributed by atoms with Gasteiger partial charge in [0.05, 0.1) is 10.5 Å². The van der Waals surface area contributed by atoms with E-state index in [0.29, 0.717) is 5.56 Å². The third-order valence-electron chi connectivity index (χ3n) is 2.82. The van der Waals surface area contributed by atoms with Gasteiger partial charge in [-0.05, 0) is 42.0 Å². The Hall–Kier alpha value is -3.48. The summed E-state index contributed by atoms with van der Waals surface area (Å²) in [4.78, 5) is 32.5. The van der Waals surface area contributed by atoms with Crippen molar-refractivity contribution >= 4 is 23.7 Å². The molecule has 1 N–H and O–H groups in total. The van der Waals surface area contributed by atoms with Gasteiger partial charge in [-0.1, -0.05) is 6.07 Å². The van der Waals surface area contributed by atoms with Crippen molar-refractivity contribution in [3.8, 4) is 5.75 Å². The molecule has 0 fully saturated rings. The maximum atomic E-state index is 11.7. The Morgan fingerprint density at radius 1 is 1.13 bits per heavy atom. The Labute approximate surface area is 130 Å². The summed E-state index contributed by atoms with van der Waals surface area (Å²) in [5.74, 6) is -1.70. The molecule has 0 bridgehead atoms. The van der Waals surface area contributed by atoms with Crippen molar-refractivity contribution < 1.29 is 24.4 Å². The molecule has 0 spiro atoms. The number of carbonyl (C=O) groups excluding carboxylic acids is 1. The molecule has 23 heavy (non-hydrogen) atoms. The van der Waals surface area contributed by atoms with Crippen molar-refractivity contribution in [2.24, 2.45) is 0 Å². The van der Waals surface area contributed by atoms with E-state index in [0.717, 1.165) is 6.08 Å². The van der Waals surface area contributed by atoms with Crippen LogP contribution in [0, 0.1) is 10.1 Å². The minimum atomic E-state index is -1.12. The first-order valence-electron chi connectivity index (χ1n) is 6.43. The summed E-state index contributed by atoms with van der Waals surface area (Å²) in [5.41, 5.74) is 0.552. The van der Waals surface area contributed by atoms with Gasteiger partial charge in [-0.15, -0.1) is 0 Å². The van der Waals surface area contributed by atoms with Gasteiger partial charge >= 0.3 is 11.9 Å². The Balaban J connectivity index is 2.02. The highest BCUT2D eigenvalue weighted by Gasteiger charge is 2.06. The highest BCUT2D eigenvalue weighted by molar-refractivity contribution is 5.90. The van der Waals surface area contributed by atoms with Crippen LogP contribution in [-0.4, -0.2) is 22.0 Å². The standard InChI is InChI=1S/C16H11NO6/c18-15(23-14-3-1-2-12(10-14)16(19)20)9-6-11-4-7-13(8-5-11)17(21)22/h1-10H,(H,19,20)/b9-6+. The minimum absolute atomic E-state index is 0.00893. The number of hydrogen-bond donors (Lipinski definition) is 1. The number of esters is 1.